The van der Waals surface area contributed by atoms with Gasteiger partial charge in [-0.15, -0.1) is 10.2 Å². The minimum Gasteiger partial charge on any atom is -0.380 e. The number of benzene rings is 2. The molecule has 0 spiro atoms. The standard InChI is InChI=1S/C39H53N13O6.C10H17NO.C6H6.C4H10N2O/c1-40-22-32(54)45-29-14-6-5-13-28-15-16-31(52(28)39(29)58)38(57)43-21-27-23-50(48-46-27)19-9-7-17-41-34-35(37(56)36(34)55)42-18-8-10-20-51-24-30(47-49-51)33(44-25-53)26-11-3-2-4-12-26;12-10-7-3-1-2-5-9-6-4-8-11(9)10;1-2-4-6-5-3-1;1-3(6-2)4(5)7/h2-4,11-12,23-25,28-29,31,33,40-42H,5-10,13-22H2,1H3,(H,43,57)(H,44,53)(H,45,54);9H,1-8H2;1-6H;3,6H,1-2H3,(H2,5,7). The molecular weight excluding hydrogens is 1060 g/mol. The molecule has 6 unspecified atom stereocenters. The molecule has 4 saturated heterocycles. The summed E-state index contributed by atoms with van der Waals surface area (Å²) in [4.78, 5) is 100. The molecule has 6 amide bonds. The first-order valence-corrected chi connectivity index (χ1v) is 29.5. The van der Waals surface area contributed by atoms with Crippen LogP contribution in [-0.4, -0.2) is 146 Å². The molecule has 9 N–H and O–H groups in total. The summed E-state index contributed by atoms with van der Waals surface area (Å²) < 4.78 is 3.42. The average Bonchev–Trinajstić information content (AvgIpc) is 4.40. The molecule has 4 aliphatic rings. The Hall–Kier alpha value is -7.86. The molecule has 0 saturated carbocycles. The highest BCUT2D eigenvalue weighted by molar-refractivity contribution is 5.93. The molecule has 83 heavy (non-hydrogen) atoms. The molecule has 9 rings (SSSR count). The maximum Gasteiger partial charge on any atom is 0.253 e. The van der Waals surface area contributed by atoms with E-state index in [0.717, 1.165) is 69.9 Å². The van der Waals surface area contributed by atoms with E-state index in [1.54, 1.807) is 41.5 Å². The molecule has 24 heteroatoms. The van der Waals surface area contributed by atoms with Crippen molar-refractivity contribution in [3.05, 3.63) is 117 Å². The van der Waals surface area contributed by atoms with E-state index in [-0.39, 0.29) is 48.8 Å². The minimum absolute atomic E-state index is 0.0175. The summed E-state index contributed by atoms with van der Waals surface area (Å²) in [5, 5.41) is 37.1. The Morgan fingerprint density at radius 1 is 0.711 bits per heavy atom. The zero-order chi connectivity index (χ0) is 59.3. The molecule has 3 aromatic carbocycles. The van der Waals surface area contributed by atoms with Crippen molar-refractivity contribution in [1.82, 2.24) is 66.4 Å². The van der Waals surface area contributed by atoms with Gasteiger partial charge in [0.25, 0.3) is 10.9 Å². The van der Waals surface area contributed by atoms with E-state index < -0.39 is 29.0 Å². The molecule has 2 aromatic heterocycles. The van der Waals surface area contributed by atoms with Crippen LogP contribution in [0.4, 0.5) is 11.4 Å². The van der Waals surface area contributed by atoms with E-state index >= 15 is 0 Å². The van der Waals surface area contributed by atoms with Crippen molar-refractivity contribution < 1.29 is 28.8 Å². The van der Waals surface area contributed by atoms with Crippen molar-refractivity contribution >= 4 is 47.3 Å². The van der Waals surface area contributed by atoms with Crippen molar-refractivity contribution in [2.45, 2.75) is 172 Å². The first-order chi connectivity index (χ1) is 40.3. The monoisotopic (exact) mass is 1150 g/mol. The summed E-state index contributed by atoms with van der Waals surface area (Å²) in [5.41, 5.74) is 6.52. The molecule has 24 nitrogen and oxygen atoms in total. The summed E-state index contributed by atoms with van der Waals surface area (Å²) in [6.45, 7) is 5.19. The lowest BCUT2D eigenvalue weighted by Gasteiger charge is -2.35. The number of carbonyl (C=O) groups is 6. The number of aromatic nitrogens is 6. The van der Waals surface area contributed by atoms with Crippen molar-refractivity contribution in [1.29, 1.82) is 0 Å². The highest BCUT2D eigenvalue weighted by Crippen LogP contribution is 2.32. The fourth-order valence-electron chi connectivity index (χ4n) is 10.7. The van der Waals surface area contributed by atoms with E-state index in [1.807, 2.05) is 72.9 Å². The SMILES string of the molecule is CNC(C)C(N)=O.CNCC(=O)NC1CCCCC2CCC(C(=O)NCc3cn(CCCCNc4c(NCCCCn5cc(C(NC=O)c6ccccc6)nn5)c(=O)c4=O)nn3)N2C1=O.O=C1CCCCCC2CCCN12.c1ccccc1. The van der Waals surface area contributed by atoms with Gasteiger partial charge in [-0.1, -0.05) is 103 Å². The first kappa shape index (κ1) is 64.3. The van der Waals surface area contributed by atoms with E-state index in [4.69, 9.17) is 5.73 Å². The van der Waals surface area contributed by atoms with Gasteiger partial charge in [-0.2, -0.15) is 0 Å². The van der Waals surface area contributed by atoms with Crippen molar-refractivity contribution in [2.24, 2.45) is 5.73 Å². The second-order valence-electron chi connectivity index (χ2n) is 21.4. The number of likely N-dealkylation sites (N-methyl/N-ethyl adjacent to an activating group) is 2. The number of hydrogen-bond donors (Lipinski definition) is 8. The van der Waals surface area contributed by atoms with Gasteiger partial charge >= 0.3 is 0 Å². The second kappa shape index (κ2) is 34.6. The van der Waals surface area contributed by atoms with Crippen LogP contribution in [0.1, 0.15) is 139 Å². The smallest absolute Gasteiger partial charge is 0.253 e. The minimum atomic E-state index is -0.641. The number of hydrogen-bond acceptors (Lipinski definition) is 16. The molecule has 6 atom stereocenters. The van der Waals surface area contributed by atoms with Gasteiger partial charge < -0.3 is 52.8 Å². The van der Waals surface area contributed by atoms with Crippen LogP contribution in [0.15, 0.2) is 88.7 Å². The zero-order valence-electron chi connectivity index (χ0n) is 48.4. The molecular formula is C59H86N16O8. The highest BCUT2D eigenvalue weighted by atomic mass is 16.2. The Morgan fingerprint density at radius 3 is 1.94 bits per heavy atom. The molecule has 4 aliphatic heterocycles. The van der Waals surface area contributed by atoms with Gasteiger partial charge in [0.05, 0.1) is 37.6 Å². The molecule has 450 valence electrons. The number of primary amides is 1. The van der Waals surface area contributed by atoms with Crippen molar-refractivity contribution in [3.63, 3.8) is 0 Å². The van der Waals surface area contributed by atoms with E-state index in [1.165, 1.54) is 32.1 Å². The van der Waals surface area contributed by atoms with Crippen LogP contribution in [-0.2, 0) is 48.4 Å². The summed E-state index contributed by atoms with van der Waals surface area (Å²) in [6.07, 6.45) is 19.9. The Morgan fingerprint density at radius 2 is 1.31 bits per heavy atom. The normalized spacial score (nSPS) is 19.2. The molecule has 0 radical (unpaired) electrons. The van der Waals surface area contributed by atoms with Crippen LogP contribution >= 0.6 is 0 Å². The number of rotatable bonds is 24. The number of carbonyl (C=O) groups excluding carboxylic acids is 6. The zero-order valence-corrected chi connectivity index (χ0v) is 48.4. The maximum atomic E-state index is 13.6. The van der Waals surface area contributed by atoms with Crippen LogP contribution in [0.2, 0.25) is 0 Å². The van der Waals surface area contributed by atoms with Gasteiger partial charge in [0, 0.05) is 51.2 Å². The van der Waals surface area contributed by atoms with Gasteiger partial charge in [-0.05, 0) is 104 Å². The molecule has 4 fully saturated rings. The maximum absolute atomic E-state index is 13.6. The number of nitrogens with one attached hydrogen (secondary N) is 7. The third-order valence-electron chi connectivity index (χ3n) is 15.4. The van der Waals surface area contributed by atoms with Crippen LogP contribution in [0, 0.1) is 0 Å². The quantitative estimate of drug-likeness (QED) is 0.0250. The molecule has 6 heterocycles. The van der Waals surface area contributed by atoms with Gasteiger partial charge in [0.1, 0.15) is 34.8 Å². The fraction of sp³-hybridized carbons (Fsp3) is 0.559. The number of anilines is 2. The number of unbranched alkanes of at least 4 members (excludes halogenated alkanes) is 2. The predicted molar refractivity (Wildman–Crippen MR) is 316 cm³/mol. The van der Waals surface area contributed by atoms with E-state index in [0.29, 0.717) is 86.6 Å². The number of nitrogens with zero attached hydrogens (tertiary/aromatic N) is 8. The highest BCUT2D eigenvalue weighted by Gasteiger charge is 2.44. The van der Waals surface area contributed by atoms with Gasteiger partial charge in [0.15, 0.2) is 0 Å². The lowest BCUT2D eigenvalue weighted by Crippen LogP contribution is -2.57. The van der Waals surface area contributed by atoms with E-state index in [9.17, 15) is 38.4 Å². The number of amides is 6. The van der Waals surface area contributed by atoms with Crippen molar-refractivity contribution in [3.8, 4) is 0 Å². The average molecular weight is 1150 g/mol. The Labute approximate surface area is 485 Å². The number of aryl methyl sites for hydroxylation is 2. The van der Waals surface area contributed by atoms with Crippen LogP contribution in [0.3, 0.4) is 0 Å². The van der Waals surface area contributed by atoms with Crippen LogP contribution in [0.5, 0.6) is 0 Å². The topological polar surface area (TPSA) is 315 Å². The van der Waals surface area contributed by atoms with Crippen LogP contribution < -0.4 is 53.8 Å². The Bertz CT molecular complexity index is 2830. The lowest BCUT2D eigenvalue weighted by molar-refractivity contribution is -0.144. The fourth-order valence-corrected chi connectivity index (χ4v) is 10.7. The van der Waals surface area contributed by atoms with Crippen LogP contribution in [0.25, 0.3) is 0 Å². The summed E-state index contributed by atoms with van der Waals surface area (Å²) in [7, 11) is 3.36. The Balaban J connectivity index is 0.000000360. The lowest BCUT2D eigenvalue weighted by atomic mass is 9.99. The Kier molecular flexibility index (Phi) is 26.8. The first-order valence-electron chi connectivity index (χ1n) is 29.5. The van der Waals surface area contributed by atoms with Crippen molar-refractivity contribution in [2.75, 3.05) is 50.9 Å². The van der Waals surface area contributed by atoms with Gasteiger partial charge in [0.2, 0.25) is 35.9 Å². The summed E-state index contributed by atoms with van der Waals surface area (Å²) >= 11 is 0. The summed E-state index contributed by atoms with van der Waals surface area (Å²) in [6, 6.07) is 20.3. The molecule has 0 bridgehead atoms. The molecule has 5 aromatic rings. The third-order valence-corrected chi connectivity index (χ3v) is 15.4. The van der Waals surface area contributed by atoms with Gasteiger partial charge in [-0.3, -0.25) is 47.7 Å². The van der Waals surface area contributed by atoms with E-state index in [2.05, 4.69) is 62.7 Å². The second-order valence-corrected chi connectivity index (χ2v) is 21.4. The number of nitrogens with two attached hydrogens (primary N) is 1. The largest absolute Gasteiger partial charge is 0.380 e. The predicted octanol–water partition coefficient (Wildman–Crippen LogP) is 3.05. The van der Waals surface area contributed by atoms with Gasteiger partial charge in [-0.25, -0.2) is 0 Å². The third kappa shape index (κ3) is 19.9. The molecule has 0 aliphatic carbocycles. The number of fused-ring (bicyclic) bond motifs is 2. The summed E-state index contributed by atoms with van der Waals surface area (Å²) in [5.74, 6) is -0.585.